The quantitative estimate of drug-likeness (QED) is 0.613. The summed E-state index contributed by atoms with van der Waals surface area (Å²) >= 11 is 0. The van der Waals surface area contributed by atoms with Gasteiger partial charge in [0.1, 0.15) is 11.6 Å². The summed E-state index contributed by atoms with van der Waals surface area (Å²) in [5, 5.41) is 3.11. The lowest BCUT2D eigenvalue weighted by Gasteiger charge is -2.32. The van der Waals surface area contributed by atoms with Gasteiger partial charge in [0.2, 0.25) is 5.91 Å². The maximum Gasteiger partial charge on any atom is 0.224 e. The van der Waals surface area contributed by atoms with Crippen LogP contribution in [0.4, 0.5) is 4.39 Å². The number of amides is 1. The normalized spacial score (nSPS) is 17.1. The molecule has 0 unspecified atom stereocenters. The van der Waals surface area contributed by atoms with Crippen LogP contribution in [-0.2, 0) is 17.8 Å². The van der Waals surface area contributed by atoms with Crippen molar-refractivity contribution in [3.05, 3.63) is 65.5 Å². The van der Waals surface area contributed by atoms with E-state index in [9.17, 15) is 9.18 Å². The molecule has 2 aromatic rings. The van der Waals surface area contributed by atoms with Crippen molar-refractivity contribution in [2.24, 2.45) is 5.92 Å². The summed E-state index contributed by atoms with van der Waals surface area (Å²) in [5.74, 6) is 0.862. The second-order valence-corrected chi connectivity index (χ2v) is 8.41. The van der Waals surface area contributed by atoms with Crippen LogP contribution in [0, 0.1) is 11.7 Å². The van der Waals surface area contributed by atoms with Crippen molar-refractivity contribution in [3.8, 4) is 5.75 Å². The number of aryl methyl sites for hydroxylation is 1. The zero-order valence-corrected chi connectivity index (χ0v) is 18.1. The Balaban J connectivity index is 1.39. The van der Waals surface area contributed by atoms with E-state index in [0.717, 1.165) is 56.6 Å². The van der Waals surface area contributed by atoms with Crippen LogP contribution in [0.1, 0.15) is 44.2 Å². The van der Waals surface area contributed by atoms with Crippen LogP contribution in [0.2, 0.25) is 0 Å². The summed E-state index contributed by atoms with van der Waals surface area (Å²) in [6.07, 6.45) is 3.93. The molecule has 0 radical (unpaired) electrons. The van der Waals surface area contributed by atoms with Gasteiger partial charge in [0.05, 0.1) is 12.0 Å². The SMILES string of the molecule is CC(C)Oc1cccc(CCCNC(=O)[C@H]2CCCN(Cc3ccc(F)cc3)C2)c1. The van der Waals surface area contributed by atoms with Gasteiger partial charge in [-0.2, -0.15) is 0 Å². The number of piperidine rings is 1. The number of nitrogens with zero attached hydrogens (tertiary/aromatic N) is 1. The molecule has 3 rings (SSSR count). The standard InChI is InChI=1S/C25H33FN2O2/c1-19(2)30-24-9-3-6-20(16-24)7-4-14-27-25(29)22-8-5-15-28(18-22)17-21-10-12-23(26)13-11-21/h3,6,9-13,16,19,22H,4-5,7-8,14-15,17-18H2,1-2H3,(H,27,29)/t22-/m0/s1. The summed E-state index contributed by atoms with van der Waals surface area (Å²) < 4.78 is 18.8. The molecule has 5 heteroatoms. The summed E-state index contributed by atoms with van der Waals surface area (Å²) in [4.78, 5) is 14.9. The molecule has 1 atom stereocenters. The van der Waals surface area contributed by atoms with Crippen molar-refractivity contribution >= 4 is 5.91 Å². The Morgan fingerprint density at radius 1 is 1.20 bits per heavy atom. The summed E-state index contributed by atoms with van der Waals surface area (Å²) in [6.45, 7) is 7.23. The Labute approximate surface area is 179 Å². The highest BCUT2D eigenvalue weighted by Crippen LogP contribution is 2.19. The number of rotatable bonds is 9. The number of likely N-dealkylation sites (tertiary alicyclic amines) is 1. The highest BCUT2D eigenvalue weighted by atomic mass is 19.1. The fourth-order valence-electron chi connectivity index (χ4n) is 3.96. The van der Waals surface area contributed by atoms with Crippen LogP contribution in [0.3, 0.4) is 0 Å². The lowest BCUT2D eigenvalue weighted by molar-refractivity contribution is -0.126. The molecule has 0 aliphatic carbocycles. The molecule has 1 saturated heterocycles. The van der Waals surface area contributed by atoms with Crippen LogP contribution in [0.25, 0.3) is 0 Å². The molecule has 0 saturated carbocycles. The first-order valence-corrected chi connectivity index (χ1v) is 11.0. The number of hydrogen-bond donors (Lipinski definition) is 1. The van der Waals surface area contributed by atoms with E-state index in [4.69, 9.17) is 4.74 Å². The first-order valence-electron chi connectivity index (χ1n) is 11.0. The molecule has 0 aromatic heterocycles. The highest BCUT2D eigenvalue weighted by molar-refractivity contribution is 5.78. The van der Waals surface area contributed by atoms with Crippen LogP contribution >= 0.6 is 0 Å². The Morgan fingerprint density at radius 3 is 2.77 bits per heavy atom. The molecule has 4 nitrogen and oxygen atoms in total. The fraction of sp³-hybridized carbons (Fsp3) is 0.480. The van der Waals surface area contributed by atoms with Gasteiger partial charge >= 0.3 is 0 Å². The molecule has 0 bridgehead atoms. The molecular formula is C25H33FN2O2. The third-order valence-electron chi connectivity index (χ3n) is 5.41. The fourth-order valence-corrected chi connectivity index (χ4v) is 3.96. The zero-order valence-electron chi connectivity index (χ0n) is 18.1. The van der Waals surface area contributed by atoms with Gasteiger partial charge in [-0.05, 0) is 81.5 Å². The number of carbonyl (C=O) groups excluding carboxylic acids is 1. The monoisotopic (exact) mass is 412 g/mol. The van der Waals surface area contributed by atoms with Gasteiger partial charge in [-0.15, -0.1) is 0 Å². The lowest BCUT2D eigenvalue weighted by atomic mass is 9.96. The van der Waals surface area contributed by atoms with Crippen molar-refractivity contribution in [2.75, 3.05) is 19.6 Å². The van der Waals surface area contributed by atoms with Gasteiger partial charge in [-0.1, -0.05) is 24.3 Å². The molecular weight excluding hydrogens is 379 g/mol. The third kappa shape index (κ3) is 7.13. The van der Waals surface area contributed by atoms with Gasteiger partial charge in [-0.3, -0.25) is 9.69 Å². The highest BCUT2D eigenvalue weighted by Gasteiger charge is 2.25. The van der Waals surface area contributed by atoms with E-state index in [-0.39, 0.29) is 23.7 Å². The molecule has 1 aliphatic rings. The van der Waals surface area contributed by atoms with Gasteiger partial charge in [0, 0.05) is 19.6 Å². The van der Waals surface area contributed by atoms with Crippen LogP contribution < -0.4 is 10.1 Å². The average molecular weight is 413 g/mol. The van der Waals surface area contributed by atoms with Crippen molar-refractivity contribution in [1.82, 2.24) is 10.2 Å². The number of halogens is 1. The van der Waals surface area contributed by atoms with E-state index in [0.29, 0.717) is 6.54 Å². The lowest BCUT2D eigenvalue weighted by Crippen LogP contribution is -2.42. The summed E-state index contributed by atoms with van der Waals surface area (Å²) in [7, 11) is 0. The van der Waals surface area contributed by atoms with E-state index >= 15 is 0 Å². The maximum absolute atomic E-state index is 13.1. The van der Waals surface area contributed by atoms with E-state index in [1.165, 1.54) is 17.7 Å². The van der Waals surface area contributed by atoms with E-state index in [2.05, 4.69) is 22.3 Å². The van der Waals surface area contributed by atoms with Crippen LogP contribution in [0.5, 0.6) is 5.75 Å². The minimum atomic E-state index is -0.214. The number of ether oxygens (including phenoxy) is 1. The van der Waals surface area contributed by atoms with Crippen molar-refractivity contribution in [3.63, 3.8) is 0 Å². The topological polar surface area (TPSA) is 41.6 Å². The zero-order chi connectivity index (χ0) is 21.3. The first-order chi connectivity index (χ1) is 14.5. The second-order valence-electron chi connectivity index (χ2n) is 8.41. The average Bonchev–Trinajstić information content (AvgIpc) is 2.73. The largest absolute Gasteiger partial charge is 0.491 e. The molecule has 1 amide bonds. The molecule has 162 valence electrons. The minimum Gasteiger partial charge on any atom is -0.491 e. The molecule has 30 heavy (non-hydrogen) atoms. The predicted octanol–water partition coefficient (Wildman–Crippen LogP) is 4.57. The Morgan fingerprint density at radius 2 is 2.00 bits per heavy atom. The van der Waals surface area contributed by atoms with E-state index in [1.807, 2.05) is 38.1 Å². The molecule has 0 spiro atoms. The molecule has 1 heterocycles. The number of hydrogen-bond acceptors (Lipinski definition) is 3. The van der Waals surface area contributed by atoms with Crippen LogP contribution in [0.15, 0.2) is 48.5 Å². The van der Waals surface area contributed by atoms with E-state index in [1.54, 1.807) is 0 Å². The first kappa shape index (κ1) is 22.3. The Kier molecular flexibility index (Phi) is 8.26. The Bertz CT molecular complexity index is 807. The van der Waals surface area contributed by atoms with Crippen molar-refractivity contribution in [1.29, 1.82) is 0 Å². The second kappa shape index (κ2) is 11.1. The summed E-state index contributed by atoms with van der Waals surface area (Å²) in [5.41, 5.74) is 2.31. The predicted molar refractivity (Wildman–Crippen MR) is 118 cm³/mol. The molecule has 1 fully saturated rings. The van der Waals surface area contributed by atoms with Gasteiger partial charge in [-0.25, -0.2) is 4.39 Å². The smallest absolute Gasteiger partial charge is 0.224 e. The van der Waals surface area contributed by atoms with E-state index < -0.39 is 0 Å². The molecule has 1 N–H and O–H groups in total. The van der Waals surface area contributed by atoms with Crippen molar-refractivity contribution in [2.45, 2.75) is 52.2 Å². The van der Waals surface area contributed by atoms with Crippen LogP contribution in [-0.4, -0.2) is 36.5 Å². The van der Waals surface area contributed by atoms with Crippen molar-refractivity contribution < 1.29 is 13.9 Å². The number of carbonyl (C=O) groups is 1. The minimum absolute atomic E-state index is 0.0296. The molecule has 1 aliphatic heterocycles. The number of nitrogens with one attached hydrogen (secondary N) is 1. The van der Waals surface area contributed by atoms with Gasteiger partial charge in [0.25, 0.3) is 0 Å². The van der Waals surface area contributed by atoms with Gasteiger partial charge in [0.15, 0.2) is 0 Å². The molecule has 2 aromatic carbocycles. The Hall–Kier alpha value is -2.40. The third-order valence-corrected chi connectivity index (χ3v) is 5.41. The number of benzene rings is 2. The summed E-state index contributed by atoms with van der Waals surface area (Å²) in [6, 6.07) is 14.8. The maximum atomic E-state index is 13.1. The van der Waals surface area contributed by atoms with Gasteiger partial charge < -0.3 is 10.1 Å².